The van der Waals surface area contributed by atoms with Crippen LogP contribution in [0.2, 0.25) is 0 Å². The number of hydrogen-bond donors (Lipinski definition) is 1. The number of rotatable bonds is 7. The molecule has 0 unspecified atom stereocenters. The number of amides is 1. The second kappa shape index (κ2) is 8.09. The van der Waals surface area contributed by atoms with Gasteiger partial charge in [0.2, 0.25) is 0 Å². The second-order valence-corrected chi connectivity index (χ2v) is 7.49. The molecule has 0 aliphatic carbocycles. The topological polar surface area (TPSA) is 84.9 Å². The van der Waals surface area contributed by atoms with Crippen molar-refractivity contribution in [3.8, 4) is 11.5 Å². The Balaban J connectivity index is 2.20. The van der Waals surface area contributed by atoms with E-state index in [1.807, 2.05) is 0 Å². The monoisotopic (exact) mass is 378 g/mol. The summed E-state index contributed by atoms with van der Waals surface area (Å²) in [6.45, 7) is 1.61. The number of anilines is 1. The minimum atomic E-state index is -3.79. The molecule has 0 saturated heterocycles. The largest absolute Gasteiger partial charge is 0.495 e. The van der Waals surface area contributed by atoms with Gasteiger partial charge < -0.3 is 14.4 Å². The molecule has 0 aromatic heterocycles. The average Bonchev–Trinajstić information content (AvgIpc) is 2.60. The van der Waals surface area contributed by atoms with Crippen molar-refractivity contribution in [2.75, 3.05) is 32.5 Å². The minimum absolute atomic E-state index is 0.0900. The first-order chi connectivity index (χ1) is 12.2. The lowest BCUT2D eigenvalue weighted by Gasteiger charge is -2.15. The van der Waals surface area contributed by atoms with E-state index in [-0.39, 0.29) is 17.4 Å². The van der Waals surface area contributed by atoms with E-state index in [9.17, 15) is 13.2 Å². The van der Waals surface area contributed by atoms with Gasteiger partial charge in [0.05, 0.1) is 17.7 Å². The Morgan fingerprint density at radius 3 is 2.42 bits per heavy atom. The van der Waals surface area contributed by atoms with Crippen molar-refractivity contribution in [3.63, 3.8) is 0 Å². The molecular weight excluding hydrogens is 356 g/mol. The molecule has 7 nitrogen and oxygen atoms in total. The van der Waals surface area contributed by atoms with Crippen molar-refractivity contribution in [2.24, 2.45) is 0 Å². The smallest absolute Gasteiger partial charge is 0.262 e. The number of likely N-dealkylation sites (N-methyl/N-ethyl adjacent to an activating group) is 1. The molecule has 0 heterocycles. The highest BCUT2D eigenvalue weighted by Crippen LogP contribution is 2.28. The van der Waals surface area contributed by atoms with Crippen LogP contribution in [0.25, 0.3) is 0 Å². The van der Waals surface area contributed by atoms with Crippen LogP contribution < -0.4 is 14.2 Å². The van der Waals surface area contributed by atoms with Crippen molar-refractivity contribution in [1.82, 2.24) is 4.90 Å². The summed E-state index contributed by atoms with van der Waals surface area (Å²) >= 11 is 0. The summed E-state index contributed by atoms with van der Waals surface area (Å²) < 4.78 is 38.4. The number of hydrogen-bond acceptors (Lipinski definition) is 5. The third kappa shape index (κ3) is 4.66. The normalized spacial score (nSPS) is 10.9. The van der Waals surface area contributed by atoms with Gasteiger partial charge >= 0.3 is 0 Å². The minimum Gasteiger partial charge on any atom is -0.495 e. The van der Waals surface area contributed by atoms with Gasteiger partial charge in [0.15, 0.2) is 6.61 Å². The average molecular weight is 378 g/mol. The quantitative estimate of drug-likeness (QED) is 0.799. The number of nitrogens with one attached hydrogen (secondary N) is 1. The number of ether oxygens (including phenoxy) is 2. The van der Waals surface area contributed by atoms with Crippen LogP contribution in [0.15, 0.2) is 47.4 Å². The number of methoxy groups -OCH3 is 1. The molecule has 0 spiro atoms. The van der Waals surface area contributed by atoms with Crippen molar-refractivity contribution in [1.29, 1.82) is 0 Å². The molecule has 1 amide bonds. The molecule has 0 radical (unpaired) electrons. The van der Waals surface area contributed by atoms with E-state index in [1.165, 1.54) is 30.2 Å². The lowest BCUT2D eigenvalue weighted by molar-refractivity contribution is -0.130. The van der Waals surface area contributed by atoms with Gasteiger partial charge in [0.25, 0.3) is 15.9 Å². The van der Waals surface area contributed by atoms with Gasteiger partial charge in [0.1, 0.15) is 11.5 Å². The summed E-state index contributed by atoms with van der Waals surface area (Å²) in [6.07, 6.45) is 0. The fourth-order valence-corrected chi connectivity index (χ4v) is 3.31. The Morgan fingerprint density at radius 2 is 1.81 bits per heavy atom. The third-order valence-electron chi connectivity index (χ3n) is 3.66. The molecule has 0 saturated carbocycles. The van der Waals surface area contributed by atoms with Gasteiger partial charge in [-0.1, -0.05) is 12.1 Å². The summed E-state index contributed by atoms with van der Waals surface area (Å²) in [5.74, 6) is 0.699. The summed E-state index contributed by atoms with van der Waals surface area (Å²) in [7, 11) is 0.953. The van der Waals surface area contributed by atoms with Crippen LogP contribution in [0, 0.1) is 6.92 Å². The number of aryl methyl sites for hydroxylation is 1. The van der Waals surface area contributed by atoms with Crippen LogP contribution in [0.3, 0.4) is 0 Å². The fraction of sp³-hybridized carbons (Fsp3) is 0.278. The highest BCUT2D eigenvalue weighted by Gasteiger charge is 2.18. The molecule has 2 rings (SSSR count). The van der Waals surface area contributed by atoms with Crippen LogP contribution in [0.1, 0.15) is 5.56 Å². The van der Waals surface area contributed by atoms with Crippen molar-refractivity contribution in [3.05, 3.63) is 48.0 Å². The maximum atomic E-state index is 12.6. The molecule has 0 bridgehead atoms. The molecule has 0 atom stereocenters. The van der Waals surface area contributed by atoms with Gasteiger partial charge in [-0.15, -0.1) is 0 Å². The number of para-hydroxylation sites is 2. The van der Waals surface area contributed by atoms with Crippen LogP contribution in [0.5, 0.6) is 11.5 Å². The van der Waals surface area contributed by atoms with Gasteiger partial charge in [-0.25, -0.2) is 8.42 Å². The highest BCUT2D eigenvalue weighted by atomic mass is 32.2. The van der Waals surface area contributed by atoms with E-state index in [4.69, 9.17) is 9.47 Å². The molecule has 0 aliphatic rings. The number of nitrogens with zero attached hydrogens (tertiary/aromatic N) is 1. The van der Waals surface area contributed by atoms with Crippen LogP contribution >= 0.6 is 0 Å². The van der Waals surface area contributed by atoms with E-state index in [0.29, 0.717) is 22.7 Å². The predicted octanol–water partition coefficient (Wildman–Crippen LogP) is 2.27. The maximum Gasteiger partial charge on any atom is 0.262 e. The Hall–Kier alpha value is -2.74. The number of sulfonamides is 1. The molecule has 0 aliphatic heterocycles. The molecule has 0 fully saturated rings. The van der Waals surface area contributed by atoms with Gasteiger partial charge in [0, 0.05) is 14.1 Å². The van der Waals surface area contributed by atoms with E-state index in [1.54, 1.807) is 45.3 Å². The van der Waals surface area contributed by atoms with Crippen molar-refractivity contribution < 1.29 is 22.7 Å². The van der Waals surface area contributed by atoms with Gasteiger partial charge in [-0.2, -0.15) is 0 Å². The Kier molecular flexibility index (Phi) is 6.10. The second-order valence-electron chi connectivity index (χ2n) is 5.81. The van der Waals surface area contributed by atoms with E-state index in [2.05, 4.69) is 4.72 Å². The first kappa shape index (κ1) is 19.6. The van der Waals surface area contributed by atoms with Gasteiger partial charge in [-0.05, 0) is 42.8 Å². The van der Waals surface area contributed by atoms with Crippen LogP contribution in [-0.2, 0) is 14.8 Å². The predicted molar refractivity (Wildman–Crippen MR) is 99.2 cm³/mol. The highest BCUT2D eigenvalue weighted by molar-refractivity contribution is 7.92. The SMILES string of the molecule is COc1ccccc1NS(=O)(=O)c1ccc(OCC(=O)N(C)C)c(C)c1. The fourth-order valence-electron chi connectivity index (χ4n) is 2.15. The summed E-state index contributed by atoms with van der Waals surface area (Å²) in [5, 5.41) is 0. The molecular formula is C18H22N2O5S. The number of carbonyl (C=O) groups excluding carboxylic acids is 1. The molecule has 26 heavy (non-hydrogen) atoms. The number of carbonyl (C=O) groups is 1. The summed E-state index contributed by atoms with van der Waals surface area (Å²) in [4.78, 5) is 13.1. The zero-order chi connectivity index (χ0) is 19.3. The first-order valence-electron chi connectivity index (χ1n) is 7.84. The van der Waals surface area contributed by atoms with Gasteiger partial charge in [-0.3, -0.25) is 9.52 Å². The van der Waals surface area contributed by atoms with Crippen LogP contribution in [0.4, 0.5) is 5.69 Å². The maximum absolute atomic E-state index is 12.6. The number of benzene rings is 2. The molecule has 2 aromatic carbocycles. The zero-order valence-corrected chi connectivity index (χ0v) is 16.0. The Labute approximate surface area is 153 Å². The first-order valence-corrected chi connectivity index (χ1v) is 9.32. The molecule has 140 valence electrons. The summed E-state index contributed by atoms with van der Waals surface area (Å²) in [5.41, 5.74) is 0.962. The lowest BCUT2D eigenvalue weighted by Crippen LogP contribution is -2.27. The molecule has 2 aromatic rings. The van der Waals surface area contributed by atoms with E-state index >= 15 is 0 Å². The van der Waals surface area contributed by atoms with Crippen molar-refractivity contribution in [2.45, 2.75) is 11.8 Å². The Morgan fingerprint density at radius 1 is 1.12 bits per heavy atom. The standard InChI is InChI=1S/C18H22N2O5S/c1-13-11-14(9-10-16(13)25-12-18(21)20(2)3)26(22,23)19-15-7-5-6-8-17(15)24-4/h5-11,19H,12H2,1-4H3. The lowest BCUT2D eigenvalue weighted by atomic mass is 10.2. The van der Waals surface area contributed by atoms with E-state index in [0.717, 1.165) is 0 Å². The zero-order valence-electron chi connectivity index (χ0n) is 15.1. The Bertz CT molecular complexity index is 894. The van der Waals surface area contributed by atoms with E-state index < -0.39 is 10.0 Å². The van der Waals surface area contributed by atoms with Crippen LogP contribution in [-0.4, -0.2) is 47.0 Å². The van der Waals surface area contributed by atoms with Crippen molar-refractivity contribution >= 4 is 21.6 Å². The molecule has 8 heteroatoms. The summed E-state index contributed by atoms with van der Waals surface area (Å²) in [6, 6.07) is 11.2. The third-order valence-corrected chi connectivity index (χ3v) is 5.02. The molecule has 1 N–H and O–H groups in total.